The molecule has 150 valence electrons. The van der Waals surface area contributed by atoms with Crippen LogP contribution in [0.4, 0.5) is 11.4 Å². The van der Waals surface area contributed by atoms with E-state index < -0.39 is 0 Å². The maximum atomic E-state index is 12.9. The van der Waals surface area contributed by atoms with Gasteiger partial charge in [-0.15, -0.1) is 0 Å². The molecule has 0 spiro atoms. The normalized spacial score (nSPS) is 16.8. The van der Waals surface area contributed by atoms with Crippen LogP contribution in [0.3, 0.4) is 0 Å². The number of aryl methyl sites for hydroxylation is 3. The predicted molar refractivity (Wildman–Crippen MR) is 116 cm³/mol. The van der Waals surface area contributed by atoms with Gasteiger partial charge in [0.15, 0.2) is 5.65 Å². The van der Waals surface area contributed by atoms with Crippen LogP contribution in [0.15, 0.2) is 36.5 Å². The molecule has 1 N–H and O–H groups in total. The Morgan fingerprint density at radius 2 is 2.00 bits per heavy atom. The third-order valence-electron chi connectivity index (χ3n) is 5.73. The first-order valence-corrected chi connectivity index (χ1v) is 10.3. The molecule has 1 fully saturated rings. The summed E-state index contributed by atoms with van der Waals surface area (Å²) in [5.74, 6) is 0.0470. The van der Waals surface area contributed by atoms with Gasteiger partial charge in [0.25, 0.3) is 0 Å². The quantitative estimate of drug-likeness (QED) is 0.729. The number of hydrogen-bond donors (Lipinski definition) is 1. The lowest BCUT2D eigenvalue weighted by Gasteiger charge is -2.33. The fraction of sp³-hybridized carbons (Fsp3) is 0.391. The zero-order valence-electron chi connectivity index (χ0n) is 17.3. The van der Waals surface area contributed by atoms with Gasteiger partial charge >= 0.3 is 0 Å². The molecule has 6 nitrogen and oxygen atoms in total. The number of nitrogens with one attached hydrogen (secondary N) is 1. The Morgan fingerprint density at radius 1 is 1.21 bits per heavy atom. The highest BCUT2D eigenvalue weighted by Crippen LogP contribution is 2.26. The lowest BCUT2D eigenvalue weighted by Crippen LogP contribution is -2.40. The molecule has 1 amide bonds. The minimum atomic E-state index is -0.0461. The van der Waals surface area contributed by atoms with Crippen molar-refractivity contribution in [1.82, 2.24) is 15.0 Å². The summed E-state index contributed by atoms with van der Waals surface area (Å²) >= 11 is 0. The number of benzene rings is 1. The molecule has 3 heterocycles. The number of aromatic nitrogens is 3. The van der Waals surface area contributed by atoms with Crippen LogP contribution in [0.2, 0.25) is 0 Å². The van der Waals surface area contributed by atoms with Crippen LogP contribution in [0.25, 0.3) is 11.2 Å². The highest BCUT2D eigenvalue weighted by atomic mass is 16.1. The van der Waals surface area contributed by atoms with Crippen molar-refractivity contribution in [2.45, 2.75) is 40.0 Å². The van der Waals surface area contributed by atoms with Crippen molar-refractivity contribution >= 4 is 28.4 Å². The summed E-state index contributed by atoms with van der Waals surface area (Å²) in [7, 11) is 0. The summed E-state index contributed by atoms with van der Waals surface area (Å²) in [6.07, 6.45) is 4.62. The van der Waals surface area contributed by atoms with E-state index in [4.69, 9.17) is 0 Å². The van der Waals surface area contributed by atoms with Gasteiger partial charge in [-0.05, 0) is 50.8 Å². The van der Waals surface area contributed by atoms with Crippen LogP contribution >= 0.6 is 0 Å². The van der Waals surface area contributed by atoms with E-state index in [-0.39, 0.29) is 11.8 Å². The molecule has 1 aliphatic rings. The fourth-order valence-corrected chi connectivity index (χ4v) is 3.89. The minimum Gasteiger partial charge on any atom is -0.369 e. The van der Waals surface area contributed by atoms with Crippen molar-refractivity contribution in [3.05, 3.63) is 53.5 Å². The fourth-order valence-electron chi connectivity index (χ4n) is 3.89. The molecule has 1 aromatic carbocycles. The minimum absolute atomic E-state index is 0.0461. The number of piperidine rings is 1. The van der Waals surface area contributed by atoms with Gasteiger partial charge in [0.2, 0.25) is 5.91 Å². The van der Waals surface area contributed by atoms with Crippen molar-refractivity contribution in [2.24, 2.45) is 5.92 Å². The van der Waals surface area contributed by atoms with Crippen molar-refractivity contribution in [3.63, 3.8) is 0 Å². The molecular weight excluding hydrogens is 362 g/mol. The van der Waals surface area contributed by atoms with Crippen molar-refractivity contribution in [1.29, 1.82) is 0 Å². The summed E-state index contributed by atoms with van der Waals surface area (Å²) in [5.41, 5.74) is 6.37. The van der Waals surface area contributed by atoms with E-state index in [0.717, 1.165) is 59.7 Å². The second kappa shape index (κ2) is 8.15. The van der Waals surface area contributed by atoms with Gasteiger partial charge in [-0.1, -0.05) is 25.1 Å². The molecule has 1 atom stereocenters. The number of anilines is 2. The Balaban J connectivity index is 1.51. The molecule has 4 rings (SSSR count). The third kappa shape index (κ3) is 4.06. The van der Waals surface area contributed by atoms with Crippen LogP contribution in [-0.2, 0) is 11.2 Å². The molecule has 0 bridgehead atoms. The van der Waals surface area contributed by atoms with E-state index in [2.05, 4.69) is 38.2 Å². The summed E-state index contributed by atoms with van der Waals surface area (Å²) < 4.78 is 0. The highest BCUT2D eigenvalue weighted by molar-refractivity contribution is 5.93. The topological polar surface area (TPSA) is 71.0 Å². The number of hydrogen-bond acceptors (Lipinski definition) is 5. The molecule has 0 unspecified atom stereocenters. The summed E-state index contributed by atoms with van der Waals surface area (Å²) in [5, 5.41) is 3.14. The number of carbonyl (C=O) groups is 1. The molecule has 0 saturated carbocycles. The van der Waals surface area contributed by atoms with E-state index >= 15 is 0 Å². The van der Waals surface area contributed by atoms with E-state index in [1.54, 1.807) is 0 Å². The number of nitrogens with zero attached hydrogens (tertiary/aromatic N) is 4. The SMILES string of the molecule is CCc1ccccc1NC(=O)[C@H]1CCCN(c2cnc3nc(C)c(C)nc3c2)C1. The molecule has 1 saturated heterocycles. The third-order valence-corrected chi connectivity index (χ3v) is 5.73. The van der Waals surface area contributed by atoms with E-state index in [1.807, 2.05) is 44.3 Å². The Bertz CT molecular complexity index is 1050. The Labute approximate surface area is 171 Å². The number of para-hydroxylation sites is 1. The van der Waals surface area contributed by atoms with E-state index in [1.165, 1.54) is 0 Å². The summed E-state index contributed by atoms with van der Waals surface area (Å²) in [6.45, 7) is 7.62. The van der Waals surface area contributed by atoms with Crippen LogP contribution in [-0.4, -0.2) is 33.9 Å². The molecule has 2 aromatic heterocycles. The Kier molecular flexibility index (Phi) is 5.43. The Hall–Kier alpha value is -3.02. The molecule has 6 heteroatoms. The van der Waals surface area contributed by atoms with Crippen LogP contribution in [0, 0.1) is 19.8 Å². The van der Waals surface area contributed by atoms with Crippen LogP contribution in [0.1, 0.15) is 36.7 Å². The molecule has 29 heavy (non-hydrogen) atoms. The van der Waals surface area contributed by atoms with Crippen LogP contribution < -0.4 is 10.2 Å². The van der Waals surface area contributed by atoms with Crippen molar-refractivity contribution in [2.75, 3.05) is 23.3 Å². The number of rotatable bonds is 4. The van der Waals surface area contributed by atoms with E-state index in [9.17, 15) is 4.79 Å². The molecule has 3 aromatic rings. The van der Waals surface area contributed by atoms with E-state index in [0.29, 0.717) is 12.2 Å². The zero-order chi connectivity index (χ0) is 20.4. The van der Waals surface area contributed by atoms with Gasteiger partial charge in [-0.3, -0.25) is 4.79 Å². The molecule has 1 aliphatic heterocycles. The summed E-state index contributed by atoms with van der Waals surface area (Å²) in [4.78, 5) is 28.8. The van der Waals surface area contributed by atoms with Gasteiger partial charge in [0.05, 0.1) is 29.2 Å². The van der Waals surface area contributed by atoms with Gasteiger partial charge in [0, 0.05) is 18.8 Å². The first-order valence-electron chi connectivity index (χ1n) is 10.3. The average molecular weight is 390 g/mol. The van der Waals surface area contributed by atoms with Gasteiger partial charge in [-0.2, -0.15) is 0 Å². The number of pyridine rings is 1. The molecular formula is C23H27N5O. The monoisotopic (exact) mass is 389 g/mol. The number of carbonyl (C=O) groups excluding carboxylic acids is 1. The second-order valence-electron chi connectivity index (χ2n) is 7.72. The number of fused-ring (bicyclic) bond motifs is 1. The highest BCUT2D eigenvalue weighted by Gasteiger charge is 2.27. The predicted octanol–water partition coefficient (Wildman–Crippen LogP) is 4.06. The first kappa shape index (κ1) is 19.3. The molecule has 0 aliphatic carbocycles. The van der Waals surface area contributed by atoms with Crippen molar-refractivity contribution in [3.8, 4) is 0 Å². The van der Waals surface area contributed by atoms with Crippen molar-refractivity contribution < 1.29 is 4.79 Å². The lowest BCUT2D eigenvalue weighted by molar-refractivity contribution is -0.120. The largest absolute Gasteiger partial charge is 0.369 e. The summed E-state index contributed by atoms with van der Waals surface area (Å²) in [6, 6.07) is 10.1. The smallest absolute Gasteiger partial charge is 0.229 e. The standard InChI is InChI=1S/C23H27N5O/c1-4-17-8-5-6-10-20(17)27-23(29)18-9-7-11-28(14-18)19-12-21-22(24-13-19)26-16(3)15(2)25-21/h5-6,8,10,12-13,18H,4,7,9,11,14H2,1-3H3,(H,27,29)/t18-/m0/s1. The number of amides is 1. The van der Waals surface area contributed by atoms with Crippen LogP contribution in [0.5, 0.6) is 0 Å². The maximum absolute atomic E-state index is 12.9. The lowest BCUT2D eigenvalue weighted by atomic mass is 9.96. The van der Waals surface area contributed by atoms with Gasteiger partial charge in [0.1, 0.15) is 5.52 Å². The second-order valence-corrected chi connectivity index (χ2v) is 7.72. The van der Waals surface area contributed by atoms with Gasteiger partial charge < -0.3 is 10.2 Å². The zero-order valence-corrected chi connectivity index (χ0v) is 17.3. The average Bonchev–Trinajstić information content (AvgIpc) is 2.74. The first-order chi connectivity index (χ1) is 14.0. The van der Waals surface area contributed by atoms with Gasteiger partial charge in [-0.25, -0.2) is 15.0 Å². The Morgan fingerprint density at radius 3 is 2.83 bits per heavy atom. The maximum Gasteiger partial charge on any atom is 0.229 e. The molecule has 0 radical (unpaired) electrons.